The summed E-state index contributed by atoms with van der Waals surface area (Å²) in [5.41, 5.74) is 10.0. The molecule has 166 valence electrons. The minimum atomic E-state index is -0.0879. The Bertz CT molecular complexity index is 1070. The lowest BCUT2D eigenvalue weighted by Gasteiger charge is -2.29. The predicted molar refractivity (Wildman–Crippen MR) is 133 cm³/mol. The molecule has 0 aliphatic carbocycles. The third-order valence-corrected chi connectivity index (χ3v) is 7.05. The number of nitrogens with zero attached hydrogens (tertiary/aromatic N) is 3. The van der Waals surface area contributed by atoms with Crippen molar-refractivity contribution in [1.29, 1.82) is 0 Å². The normalized spacial score (nSPS) is 16.4. The van der Waals surface area contributed by atoms with E-state index in [-0.39, 0.29) is 11.6 Å². The molecule has 0 amide bonds. The van der Waals surface area contributed by atoms with Crippen molar-refractivity contribution in [3.8, 4) is 0 Å². The third-order valence-electron chi connectivity index (χ3n) is 6.06. The van der Waals surface area contributed by atoms with Crippen LogP contribution in [0.2, 0.25) is 0 Å². The van der Waals surface area contributed by atoms with E-state index in [0.717, 1.165) is 45.0 Å². The van der Waals surface area contributed by atoms with Crippen LogP contribution in [0.15, 0.2) is 48.5 Å². The molecule has 2 fully saturated rings. The van der Waals surface area contributed by atoms with Gasteiger partial charge in [0.1, 0.15) is 10.7 Å². The Hall–Kier alpha value is -3.10. The number of nitrogen functional groups attached to an aromatic ring is 1. The molecule has 2 saturated heterocycles. The number of piperazine rings is 1. The summed E-state index contributed by atoms with van der Waals surface area (Å²) in [5.74, 6) is 0.179. The van der Waals surface area contributed by atoms with Crippen LogP contribution in [0.25, 0.3) is 0 Å². The fourth-order valence-electron chi connectivity index (χ4n) is 4.28. The van der Waals surface area contributed by atoms with Crippen molar-refractivity contribution in [1.82, 2.24) is 10.3 Å². The van der Waals surface area contributed by atoms with Crippen molar-refractivity contribution in [2.75, 3.05) is 60.1 Å². The molecule has 0 unspecified atom stereocenters. The Labute approximate surface area is 192 Å². The second-order valence-corrected chi connectivity index (χ2v) is 9.21. The Morgan fingerprint density at radius 1 is 0.906 bits per heavy atom. The quantitative estimate of drug-likeness (QED) is 0.496. The zero-order valence-electron chi connectivity index (χ0n) is 18.0. The van der Waals surface area contributed by atoms with E-state index >= 15 is 0 Å². The van der Waals surface area contributed by atoms with Crippen LogP contribution in [-0.4, -0.2) is 50.0 Å². The van der Waals surface area contributed by atoms with Gasteiger partial charge in [-0.3, -0.25) is 4.79 Å². The Morgan fingerprint density at radius 3 is 2.16 bits per heavy atom. The van der Waals surface area contributed by atoms with Gasteiger partial charge < -0.3 is 26.2 Å². The van der Waals surface area contributed by atoms with E-state index in [1.165, 1.54) is 35.6 Å². The molecule has 0 bridgehead atoms. The lowest BCUT2D eigenvalue weighted by molar-refractivity contribution is 0.104. The van der Waals surface area contributed by atoms with Crippen LogP contribution >= 0.6 is 11.3 Å². The van der Waals surface area contributed by atoms with Crippen molar-refractivity contribution in [3.63, 3.8) is 0 Å². The monoisotopic (exact) mass is 448 g/mol. The first kappa shape index (κ1) is 20.8. The molecule has 0 atom stereocenters. The fraction of sp³-hybridized carbons (Fsp3) is 0.333. The molecule has 1 aromatic heterocycles. The summed E-state index contributed by atoms with van der Waals surface area (Å²) >= 11 is 1.29. The van der Waals surface area contributed by atoms with Crippen LogP contribution < -0.4 is 26.2 Å². The molecular formula is C24H28N6OS. The number of hydrogen-bond acceptors (Lipinski definition) is 8. The number of nitrogens with one attached hydrogen (secondary N) is 2. The molecule has 3 aromatic rings. The maximum Gasteiger partial charge on any atom is 0.206 e. The van der Waals surface area contributed by atoms with Gasteiger partial charge in [0.2, 0.25) is 5.78 Å². The molecule has 2 aliphatic rings. The molecule has 4 N–H and O–H groups in total. The van der Waals surface area contributed by atoms with Gasteiger partial charge in [-0.1, -0.05) is 11.3 Å². The molecule has 8 heteroatoms. The van der Waals surface area contributed by atoms with Gasteiger partial charge in [0.25, 0.3) is 0 Å². The summed E-state index contributed by atoms with van der Waals surface area (Å²) < 4.78 is 0. The van der Waals surface area contributed by atoms with Gasteiger partial charge in [-0.25, -0.2) is 4.98 Å². The number of carbonyl (C=O) groups is 1. The van der Waals surface area contributed by atoms with Crippen molar-refractivity contribution in [2.45, 2.75) is 12.8 Å². The zero-order chi connectivity index (χ0) is 21.9. The molecular weight excluding hydrogens is 420 g/mol. The van der Waals surface area contributed by atoms with Gasteiger partial charge in [0.05, 0.1) is 0 Å². The molecule has 32 heavy (non-hydrogen) atoms. The van der Waals surface area contributed by atoms with Crippen LogP contribution in [0.4, 0.5) is 28.0 Å². The van der Waals surface area contributed by atoms with Crippen molar-refractivity contribution in [3.05, 3.63) is 59.0 Å². The van der Waals surface area contributed by atoms with Crippen LogP contribution in [0.1, 0.15) is 28.1 Å². The summed E-state index contributed by atoms with van der Waals surface area (Å²) in [6.07, 6.45) is 2.46. The Morgan fingerprint density at radius 2 is 1.50 bits per heavy atom. The minimum Gasteiger partial charge on any atom is -0.382 e. The van der Waals surface area contributed by atoms with Gasteiger partial charge in [-0.2, -0.15) is 0 Å². The Kier molecular flexibility index (Phi) is 5.96. The average Bonchev–Trinajstić information content (AvgIpc) is 3.50. The van der Waals surface area contributed by atoms with Crippen molar-refractivity contribution < 1.29 is 4.79 Å². The van der Waals surface area contributed by atoms with Crippen LogP contribution in [0.5, 0.6) is 0 Å². The third kappa shape index (κ3) is 4.42. The number of nitrogens with two attached hydrogens (primary N) is 1. The standard InChI is InChI=1S/C24H28N6OS/c25-23-22(21(31)17-3-7-19(8-4-17)29-13-1-2-14-29)32-24(28-23)27-18-5-9-20(10-6-18)30-15-11-26-12-16-30/h3-10,26H,1-2,11-16,25H2,(H,27,28). The molecule has 7 nitrogen and oxygen atoms in total. The summed E-state index contributed by atoms with van der Waals surface area (Å²) in [4.78, 5) is 22.6. The van der Waals surface area contributed by atoms with Crippen molar-refractivity contribution >= 4 is 45.1 Å². The van der Waals surface area contributed by atoms with Gasteiger partial charge in [-0.05, 0) is 61.4 Å². The van der Waals surface area contributed by atoms with E-state index < -0.39 is 0 Å². The number of hydrogen-bond donors (Lipinski definition) is 3. The zero-order valence-corrected chi connectivity index (χ0v) is 18.8. The van der Waals surface area contributed by atoms with E-state index in [9.17, 15) is 4.79 Å². The highest BCUT2D eigenvalue weighted by atomic mass is 32.1. The molecule has 2 aliphatic heterocycles. The van der Waals surface area contributed by atoms with E-state index in [1.54, 1.807) is 0 Å². The van der Waals surface area contributed by atoms with E-state index in [4.69, 9.17) is 5.73 Å². The number of thiazole rings is 1. The number of ketones is 1. The number of anilines is 5. The molecule has 0 saturated carbocycles. The maximum atomic E-state index is 13.0. The first-order chi connectivity index (χ1) is 15.7. The highest BCUT2D eigenvalue weighted by Gasteiger charge is 2.19. The second kappa shape index (κ2) is 9.18. The van der Waals surface area contributed by atoms with E-state index in [1.807, 2.05) is 36.4 Å². The molecule has 0 radical (unpaired) electrons. The van der Waals surface area contributed by atoms with Crippen LogP contribution in [-0.2, 0) is 0 Å². The number of aromatic nitrogens is 1. The summed E-state index contributed by atoms with van der Waals surface area (Å²) in [6, 6.07) is 16.1. The highest BCUT2D eigenvalue weighted by molar-refractivity contribution is 7.18. The summed E-state index contributed by atoms with van der Waals surface area (Å²) in [6.45, 7) is 6.22. The largest absolute Gasteiger partial charge is 0.382 e. The van der Waals surface area contributed by atoms with Gasteiger partial charge in [-0.15, -0.1) is 0 Å². The number of rotatable bonds is 6. The molecule has 0 spiro atoms. The summed E-state index contributed by atoms with van der Waals surface area (Å²) in [7, 11) is 0. The molecule has 3 heterocycles. The van der Waals surface area contributed by atoms with Gasteiger partial charge in [0, 0.05) is 61.9 Å². The van der Waals surface area contributed by atoms with E-state index in [0.29, 0.717) is 15.6 Å². The topological polar surface area (TPSA) is 86.5 Å². The summed E-state index contributed by atoms with van der Waals surface area (Å²) in [5, 5.41) is 7.28. The van der Waals surface area contributed by atoms with Crippen LogP contribution in [0, 0.1) is 0 Å². The van der Waals surface area contributed by atoms with Crippen molar-refractivity contribution in [2.24, 2.45) is 0 Å². The average molecular weight is 449 g/mol. The Balaban J connectivity index is 1.26. The van der Waals surface area contributed by atoms with Crippen LogP contribution in [0.3, 0.4) is 0 Å². The highest BCUT2D eigenvalue weighted by Crippen LogP contribution is 2.31. The molecule has 2 aromatic carbocycles. The number of carbonyl (C=O) groups excluding carboxylic acids is 1. The lowest BCUT2D eigenvalue weighted by Crippen LogP contribution is -2.43. The maximum absolute atomic E-state index is 13.0. The lowest BCUT2D eigenvalue weighted by atomic mass is 10.1. The predicted octanol–water partition coefficient (Wildman–Crippen LogP) is 3.71. The SMILES string of the molecule is Nc1nc(Nc2ccc(N3CCNCC3)cc2)sc1C(=O)c1ccc(N2CCCC2)cc1. The second-order valence-electron chi connectivity index (χ2n) is 8.21. The fourth-order valence-corrected chi connectivity index (χ4v) is 5.15. The minimum absolute atomic E-state index is 0.0879. The smallest absolute Gasteiger partial charge is 0.206 e. The molecule has 5 rings (SSSR count). The van der Waals surface area contributed by atoms with Gasteiger partial charge in [0.15, 0.2) is 5.13 Å². The van der Waals surface area contributed by atoms with E-state index in [2.05, 4.69) is 37.6 Å². The first-order valence-corrected chi connectivity index (χ1v) is 12.0. The number of benzene rings is 2. The van der Waals surface area contributed by atoms with Gasteiger partial charge >= 0.3 is 0 Å². The first-order valence-electron chi connectivity index (χ1n) is 11.2.